The van der Waals surface area contributed by atoms with Gasteiger partial charge in [-0.15, -0.1) is 11.8 Å². The smallest absolute Gasteiger partial charge is 0.235 e. The summed E-state index contributed by atoms with van der Waals surface area (Å²) in [4.78, 5) is 14.8. The largest absolute Gasteiger partial charge is 0.395 e. The van der Waals surface area contributed by atoms with E-state index in [-0.39, 0.29) is 17.8 Å². The zero-order valence-electron chi connectivity index (χ0n) is 10.6. The Kier molecular flexibility index (Phi) is 6.54. The summed E-state index contributed by atoms with van der Waals surface area (Å²) in [7, 11) is 0. The Hall–Kier alpha value is -0.710. The predicted octanol–water partition coefficient (Wildman–Crippen LogP) is 2.66. The second-order valence-corrected chi connectivity index (χ2v) is 5.71. The molecular weight excluding hydrogens is 270 g/mol. The molecule has 0 aliphatic rings. The topological polar surface area (TPSA) is 40.5 Å². The van der Waals surface area contributed by atoms with Crippen molar-refractivity contribution in [2.75, 3.05) is 19.7 Å². The standard InChI is InChI=1S/C13H18ClNO2S/c1-3-15(8-9-16)13(17)10(2)18-12-6-4-11(14)5-7-12/h4-7,10,16H,3,8-9H2,1-2H3. The number of carbonyl (C=O) groups excluding carboxylic acids is 1. The molecule has 0 aliphatic carbocycles. The van der Waals surface area contributed by atoms with Crippen molar-refractivity contribution < 1.29 is 9.90 Å². The van der Waals surface area contributed by atoms with Gasteiger partial charge >= 0.3 is 0 Å². The van der Waals surface area contributed by atoms with Gasteiger partial charge in [-0.25, -0.2) is 0 Å². The molecule has 3 nitrogen and oxygen atoms in total. The SMILES string of the molecule is CCN(CCO)C(=O)C(C)Sc1ccc(Cl)cc1. The van der Waals surface area contributed by atoms with Crippen LogP contribution in [0.5, 0.6) is 0 Å². The van der Waals surface area contributed by atoms with Crippen molar-refractivity contribution >= 4 is 29.3 Å². The van der Waals surface area contributed by atoms with E-state index < -0.39 is 0 Å². The number of aliphatic hydroxyl groups is 1. The van der Waals surface area contributed by atoms with E-state index >= 15 is 0 Å². The van der Waals surface area contributed by atoms with Gasteiger partial charge in [0.2, 0.25) is 5.91 Å². The van der Waals surface area contributed by atoms with E-state index in [0.29, 0.717) is 18.1 Å². The zero-order chi connectivity index (χ0) is 13.5. The van der Waals surface area contributed by atoms with E-state index in [9.17, 15) is 4.79 Å². The van der Waals surface area contributed by atoms with Crippen molar-refractivity contribution in [1.29, 1.82) is 0 Å². The fraction of sp³-hybridized carbons (Fsp3) is 0.462. The van der Waals surface area contributed by atoms with Crippen LogP contribution in [-0.4, -0.2) is 40.9 Å². The number of hydrogen-bond acceptors (Lipinski definition) is 3. The van der Waals surface area contributed by atoms with Gasteiger partial charge in [0.25, 0.3) is 0 Å². The fourth-order valence-corrected chi connectivity index (χ4v) is 2.65. The van der Waals surface area contributed by atoms with Crippen LogP contribution in [0.25, 0.3) is 0 Å². The first-order valence-electron chi connectivity index (χ1n) is 5.90. The number of amides is 1. The summed E-state index contributed by atoms with van der Waals surface area (Å²) in [6.45, 7) is 4.79. The lowest BCUT2D eigenvalue weighted by molar-refractivity contribution is -0.130. The van der Waals surface area contributed by atoms with Crippen molar-refractivity contribution in [3.05, 3.63) is 29.3 Å². The molecule has 1 aromatic rings. The number of nitrogens with zero attached hydrogens (tertiary/aromatic N) is 1. The van der Waals surface area contributed by atoms with E-state index in [2.05, 4.69) is 0 Å². The first kappa shape index (κ1) is 15.3. The van der Waals surface area contributed by atoms with Gasteiger partial charge in [0.15, 0.2) is 0 Å². The van der Waals surface area contributed by atoms with E-state index in [1.807, 2.05) is 38.1 Å². The minimum Gasteiger partial charge on any atom is -0.395 e. The number of likely N-dealkylation sites (N-methyl/N-ethyl adjacent to an activating group) is 1. The minimum atomic E-state index is -0.169. The van der Waals surface area contributed by atoms with Crippen LogP contribution < -0.4 is 0 Å². The van der Waals surface area contributed by atoms with E-state index in [1.165, 1.54) is 11.8 Å². The Morgan fingerprint density at radius 2 is 2.06 bits per heavy atom. The lowest BCUT2D eigenvalue weighted by Crippen LogP contribution is -2.38. The second kappa shape index (κ2) is 7.67. The lowest BCUT2D eigenvalue weighted by Gasteiger charge is -2.23. The van der Waals surface area contributed by atoms with Crippen LogP contribution in [0.3, 0.4) is 0 Å². The Bertz CT molecular complexity index is 383. The molecule has 1 amide bonds. The maximum Gasteiger partial charge on any atom is 0.235 e. The first-order chi connectivity index (χ1) is 8.58. The van der Waals surface area contributed by atoms with Gasteiger partial charge in [-0.3, -0.25) is 4.79 Å². The number of halogens is 1. The lowest BCUT2D eigenvalue weighted by atomic mass is 10.3. The molecule has 0 radical (unpaired) electrons. The quantitative estimate of drug-likeness (QED) is 0.818. The molecule has 5 heteroatoms. The third-order valence-corrected chi connectivity index (χ3v) is 3.89. The van der Waals surface area contributed by atoms with Crippen LogP contribution in [0, 0.1) is 0 Å². The van der Waals surface area contributed by atoms with Gasteiger partial charge in [-0.2, -0.15) is 0 Å². The average Bonchev–Trinajstić information content (AvgIpc) is 2.37. The molecule has 1 rings (SSSR count). The zero-order valence-corrected chi connectivity index (χ0v) is 12.2. The number of thioether (sulfide) groups is 1. The van der Waals surface area contributed by atoms with Gasteiger partial charge in [0, 0.05) is 23.0 Å². The van der Waals surface area contributed by atoms with Crippen LogP contribution in [0.15, 0.2) is 29.2 Å². The Morgan fingerprint density at radius 3 is 2.56 bits per heavy atom. The average molecular weight is 288 g/mol. The van der Waals surface area contributed by atoms with E-state index in [4.69, 9.17) is 16.7 Å². The third-order valence-electron chi connectivity index (χ3n) is 2.54. The molecule has 0 fully saturated rings. The second-order valence-electron chi connectivity index (χ2n) is 3.86. The molecule has 1 N–H and O–H groups in total. The van der Waals surface area contributed by atoms with Crippen molar-refractivity contribution in [2.45, 2.75) is 24.0 Å². The Balaban J connectivity index is 2.61. The van der Waals surface area contributed by atoms with Gasteiger partial charge in [-0.1, -0.05) is 11.6 Å². The summed E-state index contributed by atoms with van der Waals surface area (Å²) in [6.07, 6.45) is 0. The van der Waals surface area contributed by atoms with Crippen molar-refractivity contribution in [2.24, 2.45) is 0 Å². The van der Waals surface area contributed by atoms with Crippen molar-refractivity contribution in [1.82, 2.24) is 4.90 Å². The summed E-state index contributed by atoms with van der Waals surface area (Å²) in [5, 5.41) is 9.42. The summed E-state index contributed by atoms with van der Waals surface area (Å²) in [6, 6.07) is 7.43. The normalized spacial score (nSPS) is 12.2. The highest BCUT2D eigenvalue weighted by Gasteiger charge is 2.19. The molecule has 0 saturated carbocycles. The van der Waals surface area contributed by atoms with Gasteiger partial charge in [0.1, 0.15) is 0 Å². The molecule has 0 spiro atoms. The highest BCUT2D eigenvalue weighted by atomic mass is 35.5. The van der Waals surface area contributed by atoms with Crippen LogP contribution in [0.4, 0.5) is 0 Å². The highest BCUT2D eigenvalue weighted by molar-refractivity contribution is 8.00. The predicted molar refractivity (Wildman–Crippen MR) is 76.1 cm³/mol. The molecule has 1 aromatic carbocycles. The summed E-state index contributed by atoms with van der Waals surface area (Å²) in [5.41, 5.74) is 0. The summed E-state index contributed by atoms with van der Waals surface area (Å²) >= 11 is 7.31. The maximum absolute atomic E-state index is 12.1. The fourth-order valence-electron chi connectivity index (χ4n) is 1.57. The molecular formula is C13H18ClNO2S. The van der Waals surface area contributed by atoms with E-state index in [1.54, 1.807) is 4.90 Å². The van der Waals surface area contributed by atoms with Crippen molar-refractivity contribution in [3.63, 3.8) is 0 Å². The molecule has 0 saturated heterocycles. The summed E-state index contributed by atoms with van der Waals surface area (Å²) < 4.78 is 0. The minimum absolute atomic E-state index is 0.00207. The third kappa shape index (κ3) is 4.52. The molecule has 100 valence electrons. The maximum atomic E-state index is 12.1. The van der Waals surface area contributed by atoms with Gasteiger partial charge < -0.3 is 10.0 Å². The Labute approximate surface area is 117 Å². The number of carbonyl (C=O) groups is 1. The first-order valence-corrected chi connectivity index (χ1v) is 7.16. The molecule has 0 bridgehead atoms. The molecule has 1 atom stereocenters. The number of hydrogen-bond donors (Lipinski definition) is 1. The number of aliphatic hydroxyl groups excluding tert-OH is 1. The monoisotopic (exact) mass is 287 g/mol. The number of rotatable bonds is 6. The van der Waals surface area contributed by atoms with Crippen LogP contribution in [0.1, 0.15) is 13.8 Å². The highest BCUT2D eigenvalue weighted by Crippen LogP contribution is 2.25. The molecule has 1 unspecified atom stereocenters. The molecule has 0 aliphatic heterocycles. The van der Waals surface area contributed by atoms with E-state index in [0.717, 1.165) is 4.90 Å². The van der Waals surface area contributed by atoms with Gasteiger partial charge in [-0.05, 0) is 38.1 Å². The van der Waals surface area contributed by atoms with Crippen LogP contribution in [0.2, 0.25) is 5.02 Å². The summed E-state index contributed by atoms with van der Waals surface area (Å²) in [5.74, 6) is 0.0477. The Morgan fingerprint density at radius 1 is 1.44 bits per heavy atom. The van der Waals surface area contributed by atoms with Gasteiger partial charge in [0.05, 0.1) is 11.9 Å². The molecule has 0 heterocycles. The molecule has 18 heavy (non-hydrogen) atoms. The van der Waals surface area contributed by atoms with Crippen LogP contribution >= 0.6 is 23.4 Å². The van der Waals surface area contributed by atoms with Crippen LogP contribution in [-0.2, 0) is 4.79 Å². The van der Waals surface area contributed by atoms with Crippen molar-refractivity contribution in [3.8, 4) is 0 Å². The number of benzene rings is 1. The molecule has 0 aromatic heterocycles.